The van der Waals surface area contributed by atoms with Crippen molar-refractivity contribution in [1.82, 2.24) is 19.2 Å². The number of H-pyrrole nitrogens is 1. The molecule has 2 aliphatic carbocycles. The van der Waals surface area contributed by atoms with Crippen LogP contribution in [0.4, 0.5) is 0 Å². The molecule has 1 amide bonds. The van der Waals surface area contributed by atoms with Gasteiger partial charge in [-0.15, -0.1) is 0 Å². The van der Waals surface area contributed by atoms with Crippen molar-refractivity contribution in [3.63, 3.8) is 0 Å². The minimum absolute atomic E-state index is 0.0445. The highest BCUT2D eigenvalue weighted by atomic mass is 16.2. The summed E-state index contributed by atoms with van der Waals surface area (Å²) in [6.07, 6.45) is 6.50. The minimum Gasteiger partial charge on any atom is -0.351 e. The van der Waals surface area contributed by atoms with Gasteiger partial charge >= 0.3 is 0 Å². The summed E-state index contributed by atoms with van der Waals surface area (Å²) in [5.74, 6) is 0.107. The molecule has 1 N–H and O–H groups in total. The minimum atomic E-state index is 0.0445. The van der Waals surface area contributed by atoms with Gasteiger partial charge in [0, 0.05) is 66.5 Å². The Balaban J connectivity index is 1.52. The number of benzene rings is 1. The summed E-state index contributed by atoms with van der Waals surface area (Å²) in [5.41, 5.74) is 3.77. The van der Waals surface area contributed by atoms with Gasteiger partial charge in [-0.25, -0.2) is 0 Å². The van der Waals surface area contributed by atoms with Crippen LogP contribution in [-0.2, 0) is 26.9 Å². The van der Waals surface area contributed by atoms with E-state index < -0.39 is 0 Å². The SMILES string of the molecule is Cn1[nH]c2c(c1=O)CC(N(C(=O)c1cccc3c1ccn3C)C1CC1)CC2. The van der Waals surface area contributed by atoms with E-state index in [1.807, 2.05) is 42.1 Å². The van der Waals surface area contributed by atoms with Crippen LogP contribution in [0.25, 0.3) is 10.9 Å². The number of aryl methyl sites for hydroxylation is 3. The maximum absolute atomic E-state index is 13.6. The number of aromatic nitrogens is 3. The molecule has 2 heterocycles. The third-order valence-electron chi connectivity index (χ3n) is 6.12. The molecule has 5 rings (SSSR count). The van der Waals surface area contributed by atoms with Crippen molar-refractivity contribution in [2.75, 3.05) is 0 Å². The van der Waals surface area contributed by atoms with Gasteiger partial charge in [-0.2, -0.15) is 0 Å². The summed E-state index contributed by atoms with van der Waals surface area (Å²) in [4.78, 5) is 28.1. The van der Waals surface area contributed by atoms with Gasteiger partial charge < -0.3 is 9.47 Å². The third kappa shape index (κ3) is 2.54. The Bertz CT molecular complexity index is 1100. The van der Waals surface area contributed by atoms with Gasteiger partial charge in [0.05, 0.1) is 0 Å². The zero-order valence-corrected chi connectivity index (χ0v) is 15.7. The molecule has 27 heavy (non-hydrogen) atoms. The highest BCUT2D eigenvalue weighted by Gasteiger charge is 2.40. The van der Waals surface area contributed by atoms with Gasteiger partial charge in [0.15, 0.2) is 0 Å². The average Bonchev–Trinajstić information content (AvgIpc) is 3.37. The van der Waals surface area contributed by atoms with Crippen molar-refractivity contribution in [2.45, 2.75) is 44.2 Å². The van der Waals surface area contributed by atoms with Crippen LogP contribution in [0.3, 0.4) is 0 Å². The Morgan fingerprint density at radius 2 is 1.96 bits per heavy atom. The van der Waals surface area contributed by atoms with E-state index in [2.05, 4.69) is 10.00 Å². The lowest BCUT2D eigenvalue weighted by molar-refractivity contribution is 0.0644. The Hall–Kier alpha value is -2.76. The Morgan fingerprint density at radius 3 is 2.74 bits per heavy atom. The third-order valence-corrected chi connectivity index (χ3v) is 6.12. The predicted octanol–water partition coefficient (Wildman–Crippen LogP) is 2.37. The number of hydrogen-bond donors (Lipinski definition) is 1. The highest BCUT2D eigenvalue weighted by molar-refractivity contribution is 6.06. The summed E-state index contributed by atoms with van der Waals surface area (Å²) in [5, 5.41) is 4.16. The number of rotatable bonds is 3. The number of fused-ring (bicyclic) bond motifs is 2. The quantitative estimate of drug-likeness (QED) is 0.775. The first-order valence-electron chi connectivity index (χ1n) is 9.68. The lowest BCUT2D eigenvalue weighted by Crippen LogP contribution is -2.45. The summed E-state index contributed by atoms with van der Waals surface area (Å²) in [6.45, 7) is 0. The maximum atomic E-state index is 13.6. The van der Waals surface area contributed by atoms with E-state index in [1.54, 1.807) is 11.7 Å². The maximum Gasteiger partial charge on any atom is 0.269 e. The van der Waals surface area contributed by atoms with E-state index in [4.69, 9.17) is 0 Å². The summed E-state index contributed by atoms with van der Waals surface area (Å²) in [7, 11) is 3.76. The molecule has 2 aromatic heterocycles. The van der Waals surface area contributed by atoms with Crippen molar-refractivity contribution in [1.29, 1.82) is 0 Å². The smallest absolute Gasteiger partial charge is 0.269 e. The average molecular weight is 364 g/mol. The van der Waals surface area contributed by atoms with Crippen molar-refractivity contribution in [3.05, 3.63) is 57.6 Å². The second-order valence-corrected chi connectivity index (χ2v) is 7.94. The fourth-order valence-corrected chi connectivity index (χ4v) is 4.57. The molecule has 0 aliphatic heterocycles. The van der Waals surface area contributed by atoms with E-state index in [-0.39, 0.29) is 17.5 Å². The molecular weight excluding hydrogens is 340 g/mol. The molecule has 1 fully saturated rings. The van der Waals surface area contributed by atoms with Crippen LogP contribution < -0.4 is 5.56 Å². The summed E-state index contributed by atoms with van der Waals surface area (Å²) < 4.78 is 3.60. The van der Waals surface area contributed by atoms with Gasteiger partial charge in [0.25, 0.3) is 11.5 Å². The van der Waals surface area contributed by atoms with Crippen molar-refractivity contribution < 1.29 is 4.79 Å². The van der Waals surface area contributed by atoms with Crippen molar-refractivity contribution in [3.8, 4) is 0 Å². The number of aromatic amines is 1. The molecule has 0 radical (unpaired) electrons. The molecule has 0 saturated heterocycles. The van der Waals surface area contributed by atoms with Gasteiger partial charge in [-0.3, -0.25) is 19.4 Å². The van der Waals surface area contributed by atoms with Gasteiger partial charge in [-0.05, 0) is 43.9 Å². The van der Waals surface area contributed by atoms with E-state index in [0.717, 1.165) is 53.4 Å². The van der Waals surface area contributed by atoms with E-state index in [0.29, 0.717) is 12.5 Å². The summed E-state index contributed by atoms with van der Waals surface area (Å²) in [6, 6.07) is 8.37. The molecule has 0 bridgehead atoms. The van der Waals surface area contributed by atoms with E-state index in [9.17, 15) is 9.59 Å². The van der Waals surface area contributed by atoms with E-state index >= 15 is 0 Å². The molecule has 1 aromatic carbocycles. The first-order valence-corrected chi connectivity index (χ1v) is 9.68. The second-order valence-electron chi connectivity index (χ2n) is 7.94. The van der Waals surface area contributed by atoms with Crippen LogP contribution >= 0.6 is 0 Å². The van der Waals surface area contributed by atoms with Crippen LogP contribution in [-0.4, -0.2) is 37.2 Å². The van der Waals surface area contributed by atoms with E-state index in [1.165, 1.54) is 0 Å². The summed E-state index contributed by atoms with van der Waals surface area (Å²) >= 11 is 0. The van der Waals surface area contributed by atoms with Gasteiger partial charge in [0.1, 0.15) is 0 Å². The molecule has 2 aliphatic rings. The fraction of sp³-hybridized carbons (Fsp3) is 0.429. The molecule has 1 saturated carbocycles. The monoisotopic (exact) mass is 364 g/mol. The molecule has 0 spiro atoms. The molecule has 6 heteroatoms. The molecule has 3 aromatic rings. The Kier molecular flexibility index (Phi) is 3.57. The standard InChI is InChI=1S/C21H24N4O2/c1-23-11-10-15-16(4-3-5-19(15)23)21(27)25(13-6-7-13)14-8-9-18-17(12-14)20(26)24(2)22-18/h3-5,10-11,13-14,22H,6-9,12H2,1-2H3. The number of carbonyl (C=O) groups excluding carboxylic acids is 1. The molecular formula is C21H24N4O2. The number of nitrogens with one attached hydrogen (secondary N) is 1. The fourth-order valence-electron chi connectivity index (χ4n) is 4.57. The zero-order valence-electron chi connectivity index (χ0n) is 15.7. The molecule has 1 unspecified atom stereocenters. The number of carbonyl (C=O) groups is 1. The normalized spacial score (nSPS) is 19.3. The largest absolute Gasteiger partial charge is 0.351 e. The zero-order chi connectivity index (χ0) is 18.7. The number of amides is 1. The van der Waals surface area contributed by atoms with Crippen LogP contribution in [0.5, 0.6) is 0 Å². The van der Waals surface area contributed by atoms with Crippen LogP contribution in [0, 0.1) is 0 Å². The van der Waals surface area contributed by atoms with Crippen molar-refractivity contribution >= 4 is 16.8 Å². The van der Waals surface area contributed by atoms with Crippen LogP contribution in [0.15, 0.2) is 35.3 Å². The van der Waals surface area contributed by atoms with Gasteiger partial charge in [-0.1, -0.05) is 6.07 Å². The van der Waals surface area contributed by atoms with Crippen LogP contribution in [0.1, 0.15) is 40.9 Å². The Morgan fingerprint density at radius 1 is 1.15 bits per heavy atom. The number of nitrogens with zero attached hydrogens (tertiary/aromatic N) is 3. The first-order chi connectivity index (χ1) is 13.0. The second kappa shape index (κ2) is 5.87. The lowest BCUT2D eigenvalue weighted by Gasteiger charge is -2.34. The first kappa shape index (κ1) is 16.4. The molecule has 140 valence electrons. The van der Waals surface area contributed by atoms with Gasteiger partial charge in [0.2, 0.25) is 0 Å². The lowest BCUT2D eigenvalue weighted by atomic mass is 9.91. The topological polar surface area (TPSA) is 63.0 Å². The predicted molar refractivity (Wildman–Crippen MR) is 104 cm³/mol. The highest BCUT2D eigenvalue weighted by Crippen LogP contribution is 2.35. The number of hydrogen-bond acceptors (Lipinski definition) is 2. The molecule has 1 atom stereocenters. The van der Waals surface area contributed by atoms with Crippen molar-refractivity contribution in [2.24, 2.45) is 14.1 Å². The Labute approximate surface area is 157 Å². The van der Waals surface area contributed by atoms with Crippen LogP contribution in [0.2, 0.25) is 0 Å². The molecule has 6 nitrogen and oxygen atoms in total.